The molecule has 2 N–H and O–H groups in total. The summed E-state index contributed by atoms with van der Waals surface area (Å²) in [6.07, 6.45) is 0. The highest BCUT2D eigenvalue weighted by Crippen LogP contribution is 2.19. The molecule has 6 heteroatoms. The van der Waals surface area contributed by atoms with Gasteiger partial charge in [0.05, 0.1) is 12.6 Å². The van der Waals surface area contributed by atoms with E-state index >= 15 is 0 Å². The molecule has 0 saturated carbocycles. The molecular formula is C10H13ClN2O3. The molecule has 1 aromatic carbocycles. The Hall–Kier alpha value is -1.46. The minimum Gasteiger partial charge on any atom is -0.497 e. The summed E-state index contributed by atoms with van der Waals surface area (Å²) >= 11 is 0. The van der Waals surface area contributed by atoms with Gasteiger partial charge in [0, 0.05) is 19.2 Å². The van der Waals surface area contributed by atoms with Gasteiger partial charge in [0.15, 0.2) is 5.58 Å². The third-order valence-electron chi connectivity index (χ3n) is 2.23. The SMILES string of the molecule is COc1ccc2c(c1)oc(=O)n2CCN.Cl. The Morgan fingerprint density at radius 1 is 1.50 bits per heavy atom. The fourth-order valence-electron chi connectivity index (χ4n) is 1.51. The summed E-state index contributed by atoms with van der Waals surface area (Å²) in [6, 6.07) is 5.25. The van der Waals surface area contributed by atoms with E-state index in [0.29, 0.717) is 24.4 Å². The molecule has 0 radical (unpaired) electrons. The standard InChI is InChI=1S/C10H12N2O3.ClH/c1-14-7-2-3-8-9(6-7)15-10(13)12(8)5-4-11;/h2-3,6H,4-5,11H2,1H3;1H. The highest BCUT2D eigenvalue weighted by molar-refractivity contribution is 5.85. The fraction of sp³-hybridized carbons (Fsp3) is 0.300. The zero-order valence-corrected chi connectivity index (χ0v) is 9.62. The molecule has 1 aromatic heterocycles. The molecule has 0 amide bonds. The number of ether oxygens (including phenoxy) is 1. The first-order valence-electron chi connectivity index (χ1n) is 4.63. The number of aromatic nitrogens is 1. The van der Waals surface area contributed by atoms with E-state index < -0.39 is 0 Å². The fourth-order valence-corrected chi connectivity index (χ4v) is 1.51. The summed E-state index contributed by atoms with van der Waals surface area (Å²) in [5.41, 5.74) is 6.67. The molecular weight excluding hydrogens is 232 g/mol. The van der Waals surface area contributed by atoms with Crippen molar-refractivity contribution in [3.63, 3.8) is 0 Å². The van der Waals surface area contributed by atoms with Crippen LogP contribution in [0.2, 0.25) is 0 Å². The number of methoxy groups -OCH3 is 1. The number of hydrogen-bond acceptors (Lipinski definition) is 4. The van der Waals surface area contributed by atoms with Crippen LogP contribution in [-0.2, 0) is 6.54 Å². The predicted octanol–water partition coefficient (Wildman–Crippen LogP) is 0.984. The second-order valence-electron chi connectivity index (χ2n) is 3.14. The maximum absolute atomic E-state index is 11.4. The lowest BCUT2D eigenvalue weighted by molar-refractivity contribution is 0.414. The Morgan fingerprint density at radius 3 is 2.88 bits per heavy atom. The molecule has 0 spiro atoms. The van der Waals surface area contributed by atoms with Gasteiger partial charge in [-0.3, -0.25) is 4.57 Å². The van der Waals surface area contributed by atoms with Gasteiger partial charge in [0.2, 0.25) is 0 Å². The van der Waals surface area contributed by atoms with E-state index in [1.165, 1.54) is 4.57 Å². The van der Waals surface area contributed by atoms with Gasteiger partial charge in [-0.1, -0.05) is 0 Å². The molecule has 0 saturated heterocycles. The van der Waals surface area contributed by atoms with E-state index in [1.807, 2.05) is 0 Å². The van der Waals surface area contributed by atoms with Crippen molar-refractivity contribution in [2.45, 2.75) is 6.54 Å². The van der Waals surface area contributed by atoms with Crippen LogP contribution in [0.15, 0.2) is 27.4 Å². The van der Waals surface area contributed by atoms with Gasteiger partial charge in [-0.15, -0.1) is 12.4 Å². The lowest BCUT2D eigenvalue weighted by Crippen LogP contribution is -2.19. The van der Waals surface area contributed by atoms with Crippen LogP contribution in [0.25, 0.3) is 11.1 Å². The van der Waals surface area contributed by atoms with Gasteiger partial charge in [-0.25, -0.2) is 4.79 Å². The number of benzene rings is 1. The number of hydrogen-bond donors (Lipinski definition) is 1. The van der Waals surface area contributed by atoms with Crippen LogP contribution in [0.4, 0.5) is 0 Å². The van der Waals surface area contributed by atoms with E-state index in [2.05, 4.69) is 0 Å². The summed E-state index contributed by atoms with van der Waals surface area (Å²) in [6.45, 7) is 0.860. The number of nitrogens with two attached hydrogens (primary N) is 1. The third-order valence-corrected chi connectivity index (χ3v) is 2.23. The zero-order chi connectivity index (χ0) is 10.8. The van der Waals surface area contributed by atoms with Crippen LogP contribution in [0.3, 0.4) is 0 Å². The van der Waals surface area contributed by atoms with E-state index in [0.717, 1.165) is 5.52 Å². The maximum atomic E-state index is 11.4. The first-order valence-corrected chi connectivity index (χ1v) is 4.63. The van der Waals surface area contributed by atoms with E-state index in [-0.39, 0.29) is 18.2 Å². The van der Waals surface area contributed by atoms with Crippen LogP contribution in [0, 0.1) is 0 Å². The first-order chi connectivity index (χ1) is 7.26. The van der Waals surface area contributed by atoms with Crippen molar-refractivity contribution in [2.75, 3.05) is 13.7 Å². The van der Waals surface area contributed by atoms with Crippen molar-refractivity contribution in [1.82, 2.24) is 4.57 Å². The molecule has 1 heterocycles. The average Bonchev–Trinajstić information content (AvgIpc) is 2.55. The van der Waals surface area contributed by atoms with Crippen molar-refractivity contribution in [2.24, 2.45) is 5.73 Å². The number of oxazole rings is 1. The zero-order valence-electron chi connectivity index (χ0n) is 8.80. The van der Waals surface area contributed by atoms with E-state index in [4.69, 9.17) is 14.9 Å². The molecule has 0 bridgehead atoms. The van der Waals surface area contributed by atoms with Gasteiger partial charge >= 0.3 is 5.76 Å². The summed E-state index contributed by atoms with van der Waals surface area (Å²) < 4.78 is 11.6. The highest BCUT2D eigenvalue weighted by Gasteiger charge is 2.08. The molecule has 88 valence electrons. The predicted molar refractivity (Wildman–Crippen MR) is 63.3 cm³/mol. The van der Waals surface area contributed by atoms with Gasteiger partial charge in [-0.2, -0.15) is 0 Å². The molecule has 2 rings (SSSR count). The number of halogens is 1. The molecule has 0 aliphatic carbocycles. The number of fused-ring (bicyclic) bond motifs is 1. The van der Waals surface area contributed by atoms with Crippen LogP contribution in [-0.4, -0.2) is 18.2 Å². The van der Waals surface area contributed by atoms with Crippen LogP contribution in [0.1, 0.15) is 0 Å². The lowest BCUT2D eigenvalue weighted by Gasteiger charge is -2.00. The van der Waals surface area contributed by atoms with E-state index in [1.54, 1.807) is 25.3 Å². The minimum atomic E-state index is -0.385. The molecule has 16 heavy (non-hydrogen) atoms. The molecule has 2 aromatic rings. The highest BCUT2D eigenvalue weighted by atomic mass is 35.5. The van der Waals surface area contributed by atoms with Gasteiger partial charge in [-0.05, 0) is 12.1 Å². The molecule has 5 nitrogen and oxygen atoms in total. The maximum Gasteiger partial charge on any atom is 0.419 e. The van der Waals surface area contributed by atoms with Crippen molar-refractivity contribution >= 4 is 23.5 Å². The first kappa shape index (κ1) is 12.6. The summed E-state index contributed by atoms with van der Waals surface area (Å²) in [5, 5.41) is 0. The van der Waals surface area contributed by atoms with Crippen LogP contribution >= 0.6 is 12.4 Å². The number of rotatable bonds is 3. The average molecular weight is 245 g/mol. The quantitative estimate of drug-likeness (QED) is 0.874. The third kappa shape index (κ3) is 2.05. The second-order valence-corrected chi connectivity index (χ2v) is 3.14. The van der Waals surface area contributed by atoms with Gasteiger partial charge in [0.1, 0.15) is 5.75 Å². The van der Waals surface area contributed by atoms with Crippen molar-refractivity contribution < 1.29 is 9.15 Å². The summed E-state index contributed by atoms with van der Waals surface area (Å²) in [4.78, 5) is 11.4. The Labute approximate surface area is 98.2 Å². The Bertz CT molecular complexity index is 532. The summed E-state index contributed by atoms with van der Waals surface area (Å²) in [7, 11) is 1.57. The van der Waals surface area contributed by atoms with Crippen molar-refractivity contribution in [1.29, 1.82) is 0 Å². The Balaban J connectivity index is 0.00000128. The normalized spacial score (nSPS) is 10.1. The summed E-state index contributed by atoms with van der Waals surface area (Å²) in [5.74, 6) is 0.278. The Kier molecular flexibility index (Phi) is 3.98. The molecule has 0 aliphatic heterocycles. The smallest absolute Gasteiger partial charge is 0.419 e. The molecule has 0 fully saturated rings. The second kappa shape index (κ2) is 5.05. The Morgan fingerprint density at radius 2 is 2.25 bits per heavy atom. The molecule has 0 atom stereocenters. The molecule has 0 unspecified atom stereocenters. The van der Waals surface area contributed by atoms with Crippen LogP contribution < -0.4 is 16.2 Å². The van der Waals surface area contributed by atoms with E-state index in [9.17, 15) is 4.79 Å². The van der Waals surface area contributed by atoms with Crippen molar-refractivity contribution in [3.05, 3.63) is 28.7 Å². The number of nitrogens with zero attached hydrogens (tertiary/aromatic N) is 1. The minimum absolute atomic E-state index is 0. The van der Waals surface area contributed by atoms with Crippen molar-refractivity contribution in [3.8, 4) is 5.75 Å². The van der Waals surface area contributed by atoms with Gasteiger partial charge < -0.3 is 14.9 Å². The van der Waals surface area contributed by atoms with Gasteiger partial charge in [0.25, 0.3) is 0 Å². The lowest BCUT2D eigenvalue weighted by atomic mass is 10.3. The largest absolute Gasteiger partial charge is 0.497 e. The van der Waals surface area contributed by atoms with Crippen LogP contribution in [0.5, 0.6) is 5.75 Å². The molecule has 0 aliphatic rings. The topological polar surface area (TPSA) is 70.4 Å². The monoisotopic (exact) mass is 244 g/mol.